The van der Waals surface area contributed by atoms with E-state index in [1.54, 1.807) is 18.3 Å². The molecule has 0 bridgehead atoms. The lowest BCUT2D eigenvalue weighted by Gasteiger charge is -2.06. The van der Waals surface area contributed by atoms with Crippen LogP contribution in [0.3, 0.4) is 0 Å². The number of carboxylic acids is 1. The summed E-state index contributed by atoms with van der Waals surface area (Å²) in [5.41, 5.74) is 0. The van der Waals surface area contributed by atoms with Crippen molar-refractivity contribution in [2.75, 3.05) is 0 Å². The molecule has 2 rings (SSSR count). The minimum atomic E-state index is -0.853. The molecule has 2 heterocycles. The summed E-state index contributed by atoms with van der Waals surface area (Å²) < 4.78 is 1.53. The highest BCUT2D eigenvalue weighted by atomic mass is 32.1. The molecule has 17 heavy (non-hydrogen) atoms. The van der Waals surface area contributed by atoms with E-state index in [1.807, 2.05) is 19.1 Å². The van der Waals surface area contributed by atoms with E-state index >= 15 is 0 Å². The third kappa shape index (κ3) is 2.50. The first-order chi connectivity index (χ1) is 8.08. The van der Waals surface area contributed by atoms with E-state index in [0.717, 1.165) is 4.88 Å². The van der Waals surface area contributed by atoms with E-state index in [-0.39, 0.29) is 6.54 Å². The molecule has 0 saturated carbocycles. The Hall–Kier alpha value is -1.76. The van der Waals surface area contributed by atoms with E-state index in [9.17, 15) is 4.79 Å². The zero-order chi connectivity index (χ0) is 12.4. The Morgan fingerprint density at radius 3 is 2.94 bits per heavy atom. The van der Waals surface area contributed by atoms with Crippen LogP contribution in [0.5, 0.6) is 0 Å². The molecule has 90 valence electrons. The van der Waals surface area contributed by atoms with Crippen molar-refractivity contribution < 1.29 is 9.90 Å². The molecule has 0 saturated heterocycles. The minimum absolute atomic E-state index is 0.272. The lowest BCUT2D eigenvalue weighted by atomic mass is 10.2. The highest BCUT2D eigenvalue weighted by Gasteiger charge is 2.17. The van der Waals surface area contributed by atoms with Crippen LogP contribution in [0, 0.1) is 12.8 Å². The Balaban J connectivity index is 2.26. The van der Waals surface area contributed by atoms with Crippen LogP contribution in [0.1, 0.15) is 11.8 Å². The fourth-order valence-electron chi connectivity index (χ4n) is 1.40. The molecule has 0 aliphatic heterocycles. The molecule has 2 aromatic heterocycles. The van der Waals surface area contributed by atoms with E-state index in [4.69, 9.17) is 5.11 Å². The molecule has 1 N–H and O–H groups in total. The van der Waals surface area contributed by atoms with Crippen molar-refractivity contribution in [1.82, 2.24) is 20.2 Å². The van der Waals surface area contributed by atoms with Crippen LogP contribution in [0.4, 0.5) is 0 Å². The van der Waals surface area contributed by atoms with Gasteiger partial charge >= 0.3 is 5.97 Å². The normalized spacial score (nSPS) is 12.6. The minimum Gasteiger partial charge on any atom is -0.481 e. The number of rotatable bonds is 4. The van der Waals surface area contributed by atoms with Gasteiger partial charge in [-0.05, 0) is 29.5 Å². The van der Waals surface area contributed by atoms with Gasteiger partial charge in [0, 0.05) is 4.88 Å². The van der Waals surface area contributed by atoms with Gasteiger partial charge in [-0.2, -0.15) is 0 Å². The molecule has 1 unspecified atom stereocenters. The van der Waals surface area contributed by atoms with Crippen molar-refractivity contribution in [3.63, 3.8) is 0 Å². The number of aryl methyl sites for hydroxylation is 1. The van der Waals surface area contributed by atoms with Crippen LogP contribution in [0.25, 0.3) is 10.7 Å². The molecule has 0 amide bonds. The van der Waals surface area contributed by atoms with Crippen molar-refractivity contribution in [3.05, 3.63) is 17.0 Å². The molecule has 0 aromatic carbocycles. The topological polar surface area (TPSA) is 80.9 Å². The third-order valence-corrected chi connectivity index (χ3v) is 3.36. The van der Waals surface area contributed by atoms with Gasteiger partial charge in [-0.1, -0.05) is 6.92 Å². The predicted molar refractivity (Wildman–Crippen MR) is 62.7 cm³/mol. The zero-order valence-electron chi connectivity index (χ0n) is 9.49. The van der Waals surface area contributed by atoms with Crippen molar-refractivity contribution in [1.29, 1.82) is 0 Å². The molecule has 0 fully saturated rings. The number of carboxylic acid groups (broad SMARTS) is 1. The fourth-order valence-corrected chi connectivity index (χ4v) is 2.25. The molecule has 0 radical (unpaired) electrons. The predicted octanol–water partition coefficient (Wildman–Crippen LogP) is 1.43. The van der Waals surface area contributed by atoms with Crippen LogP contribution in [0.15, 0.2) is 12.1 Å². The average Bonchev–Trinajstić information content (AvgIpc) is 2.86. The maximum Gasteiger partial charge on any atom is 0.308 e. The first-order valence-corrected chi connectivity index (χ1v) is 5.95. The number of aromatic nitrogens is 4. The number of nitrogens with zero attached hydrogens (tertiary/aromatic N) is 4. The third-order valence-electron chi connectivity index (χ3n) is 2.36. The van der Waals surface area contributed by atoms with Gasteiger partial charge in [0.1, 0.15) is 0 Å². The van der Waals surface area contributed by atoms with Crippen LogP contribution >= 0.6 is 11.3 Å². The number of carbonyl (C=O) groups is 1. The number of aliphatic carboxylic acids is 1. The second kappa shape index (κ2) is 4.62. The highest BCUT2D eigenvalue weighted by Crippen LogP contribution is 2.25. The number of thiophene rings is 1. The Bertz CT molecular complexity index is 534. The van der Waals surface area contributed by atoms with Crippen LogP contribution in [-0.4, -0.2) is 31.3 Å². The van der Waals surface area contributed by atoms with E-state index in [2.05, 4.69) is 15.5 Å². The van der Waals surface area contributed by atoms with Crippen LogP contribution < -0.4 is 0 Å². The second-order valence-electron chi connectivity index (χ2n) is 3.83. The first kappa shape index (κ1) is 11.7. The number of hydrogen-bond acceptors (Lipinski definition) is 5. The van der Waals surface area contributed by atoms with E-state index < -0.39 is 11.9 Å². The lowest BCUT2D eigenvalue weighted by Crippen LogP contribution is -2.18. The highest BCUT2D eigenvalue weighted by molar-refractivity contribution is 7.15. The summed E-state index contributed by atoms with van der Waals surface area (Å²) in [6.45, 7) is 3.91. The SMILES string of the molecule is Cc1ccc(-c2nnnn2CC(C)C(=O)O)s1. The first-order valence-electron chi connectivity index (χ1n) is 5.13. The van der Waals surface area contributed by atoms with Gasteiger partial charge in [-0.15, -0.1) is 16.4 Å². The Labute approximate surface area is 102 Å². The molecule has 1 atom stereocenters. The van der Waals surface area contributed by atoms with Crippen molar-refractivity contribution >= 4 is 17.3 Å². The molecule has 0 spiro atoms. The summed E-state index contributed by atoms with van der Waals surface area (Å²) >= 11 is 1.58. The summed E-state index contributed by atoms with van der Waals surface area (Å²) in [6.07, 6.45) is 0. The summed E-state index contributed by atoms with van der Waals surface area (Å²) in [5.74, 6) is -0.747. The number of tetrazole rings is 1. The average molecular weight is 252 g/mol. The van der Waals surface area contributed by atoms with Crippen LogP contribution in [0.2, 0.25) is 0 Å². The van der Waals surface area contributed by atoms with Crippen molar-refractivity contribution in [2.24, 2.45) is 5.92 Å². The summed E-state index contributed by atoms with van der Waals surface area (Å²) in [7, 11) is 0. The van der Waals surface area contributed by atoms with Gasteiger partial charge in [0.05, 0.1) is 17.3 Å². The van der Waals surface area contributed by atoms with E-state index in [1.165, 1.54) is 9.56 Å². The van der Waals surface area contributed by atoms with Crippen molar-refractivity contribution in [3.8, 4) is 10.7 Å². The summed E-state index contributed by atoms with van der Waals surface area (Å²) in [6, 6.07) is 3.92. The molecule has 6 nitrogen and oxygen atoms in total. The van der Waals surface area contributed by atoms with Gasteiger partial charge in [-0.25, -0.2) is 4.68 Å². The van der Waals surface area contributed by atoms with E-state index in [0.29, 0.717) is 5.82 Å². The number of hydrogen-bond donors (Lipinski definition) is 1. The Kier molecular flexibility index (Phi) is 3.19. The second-order valence-corrected chi connectivity index (χ2v) is 5.12. The molecule has 7 heteroatoms. The largest absolute Gasteiger partial charge is 0.481 e. The fraction of sp³-hybridized carbons (Fsp3) is 0.400. The summed E-state index contributed by atoms with van der Waals surface area (Å²) in [5, 5.41) is 20.2. The van der Waals surface area contributed by atoms with Gasteiger partial charge in [0.25, 0.3) is 0 Å². The zero-order valence-corrected chi connectivity index (χ0v) is 10.3. The molecular formula is C10H12N4O2S. The Morgan fingerprint density at radius 1 is 1.59 bits per heavy atom. The standard InChI is InChI=1S/C10H12N4O2S/c1-6(10(15)16)5-14-9(11-12-13-14)8-4-3-7(2)17-8/h3-4,6H,5H2,1-2H3,(H,15,16). The van der Waals surface area contributed by atoms with Gasteiger partial charge in [0.15, 0.2) is 5.82 Å². The smallest absolute Gasteiger partial charge is 0.308 e. The quantitative estimate of drug-likeness (QED) is 0.890. The monoisotopic (exact) mass is 252 g/mol. The Morgan fingerprint density at radius 2 is 2.35 bits per heavy atom. The van der Waals surface area contributed by atoms with Gasteiger partial charge in [0.2, 0.25) is 0 Å². The molecule has 0 aliphatic rings. The van der Waals surface area contributed by atoms with Crippen LogP contribution in [-0.2, 0) is 11.3 Å². The molecule has 0 aliphatic carbocycles. The maximum atomic E-state index is 10.8. The lowest BCUT2D eigenvalue weighted by molar-refractivity contribution is -0.141. The van der Waals surface area contributed by atoms with Gasteiger partial charge < -0.3 is 5.11 Å². The molecular weight excluding hydrogens is 240 g/mol. The van der Waals surface area contributed by atoms with Crippen molar-refractivity contribution in [2.45, 2.75) is 20.4 Å². The van der Waals surface area contributed by atoms with Gasteiger partial charge in [-0.3, -0.25) is 4.79 Å². The maximum absolute atomic E-state index is 10.8. The molecule has 2 aromatic rings. The summed E-state index contributed by atoms with van der Waals surface area (Å²) in [4.78, 5) is 12.9.